The van der Waals surface area contributed by atoms with E-state index in [1.54, 1.807) is 0 Å². The fraction of sp³-hybridized carbons (Fsp3) is 0.611. The first-order chi connectivity index (χ1) is 10.0. The molecule has 22 heavy (non-hydrogen) atoms. The van der Waals surface area contributed by atoms with Gasteiger partial charge in [0.15, 0.2) is 0 Å². The van der Waals surface area contributed by atoms with Crippen molar-refractivity contribution in [3.63, 3.8) is 0 Å². The minimum atomic E-state index is 0. The van der Waals surface area contributed by atoms with Gasteiger partial charge < -0.3 is 10.2 Å². The maximum absolute atomic E-state index is 12.2. The molecule has 2 rings (SSSR count). The zero-order valence-electron chi connectivity index (χ0n) is 14.0. The summed E-state index contributed by atoms with van der Waals surface area (Å²) in [5, 5.41) is 3.37. The van der Waals surface area contributed by atoms with Gasteiger partial charge in [0.05, 0.1) is 0 Å². The van der Waals surface area contributed by atoms with E-state index in [4.69, 9.17) is 0 Å². The summed E-state index contributed by atoms with van der Waals surface area (Å²) in [6, 6.07) is 9.16. The molecule has 1 aliphatic heterocycles. The molecule has 1 heterocycles. The van der Waals surface area contributed by atoms with E-state index in [2.05, 4.69) is 50.4 Å². The molecular formula is C18H29ClN2O. The molecule has 0 bridgehead atoms. The Hall–Kier alpha value is -1.06. The molecular weight excluding hydrogens is 296 g/mol. The second kappa shape index (κ2) is 9.16. The number of amides is 1. The summed E-state index contributed by atoms with van der Waals surface area (Å²) in [6.07, 6.45) is 2.59. The fourth-order valence-corrected chi connectivity index (χ4v) is 2.88. The number of hydrogen-bond donors (Lipinski definition) is 1. The van der Waals surface area contributed by atoms with E-state index in [1.165, 1.54) is 11.1 Å². The molecule has 1 amide bonds. The molecule has 0 unspecified atom stereocenters. The molecule has 1 aromatic carbocycles. The predicted molar refractivity (Wildman–Crippen MR) is 94.6 cm³/mol. The van der Waals surface area contributed by atoms with Crippen molar-refractivity contribution in [3.05, 3.63) is 35.4 Å². The Labute approximate surface area is 140 Å². The van der Waals surface area contributed by atoms with Gasteiger partial charge in [-0.25, -0.2) is 0 Å². The summed E-state index contributed by atoms with van der Waals surface area (Å²) in [6.45, 7) is 9.20. The second-order valence-electron chi connectivity index (χ2n) is 6.61. The van der Waals surface area contributed by atoms with Crippen molar-refractivity contribution in [1.29, 1.82) is 0 Å². The number of piperazine rings is 1. The Bertz CT molecular complexity index is 459. The number of aryl methyl sites for hydroxylation is 1. The highest BCUT2D eigenvalue weighted by atomic mass is 35.5. The van der Waals surface area contributed by atoms with Crippen molar-refractivity contribution in [2.75, 3.05) is 19.6 Å². The maximum atomic E-state index is 12.2. The molecule has 0 spiro atoms. The number of benzene rings is 1. The molecule has 0 aromatic heterocycles. The number of hydrogen-bond acceptors (Lipinski definition) is 2. The summed E-state index contributed by atoms with van der Waals surface area (Å²) in [5.74, 6) is 0.974. The van der Waals surface area contributed by atoms with Crippen LogP contribution < -0.4 is 5.32 Å². The lowest BCUT2D eigenvalue weighted by Gasteiger charge is -2.32. The van der Waals surface area contributed by atoms with Crippen molar-refractivity contribution >= 4 is 18.3 Å². The monoisotopic (exact) mass is 324 g/mol. The van der Waals surface area contributed by atoms with Crippen LogP contribution >= 0.6 is 12.4 Å². The van der Waals surface area contributed by atoms with Gasteiger partial charge in [-0.05, 0) is 36.8 Å². The zero-order valence-corrected chi connectivity index (χ0v) is 14.8. The van der Waals surface area contributed by atoms with Crippen LogP contribution in [0.2, 0.25) is 0 Å². The van der Waals surface area contributed by atoms with Crippen molar-refractivity contribution in [2.24, 2.45) is 5.92 Å². The minimum absolute atomic E-state index is 0. The van der Waals surface area contributed by atoms with E-state index in [0.29, 0.717) is 18.4 Å². The van der Waals surface area contributed by atoms with Crippen LogP contribution in [0.5, 0.6) is 0 Å². The van der Waals surface area contributed by atoms with Crippen LogP contribution in [-0.4, -0.2) is 36.5 Å². The van der Waals surface area contributed by atoms with Crippen molar-refractivity contribution < 1.29 is 4.79 Å². The third-order valence-electron chi connectivity index (χ3n) is 4.02. The Morgan fingerprint density at radius 3 is 2.50 bits per heavy atom. The third kappa shape index (κ3) is 5.98. The Kier molecular flexibility index (Phi) is 7.91. The minimum Gasteiger partial charge on any atom is -0.340 e. The van der Waals surface area contributed by atoms with Gasteiger partial charge in [0, 0.05) is 32.1 Å². The van der Waals surface area contributed by atoms with E-state index in [1.807, 2.05) is 4.90 Å². The number of halogens is 1. The van der Waals surface area contributed by atoms with Crippen LogP contribution in [-0.2, 0) is 17.6 Å². The first-order valence-electron chi connectivity index (χ1n) is 8.13. The lowest BCUT2D eigenvalue weighted by atomic mass is 10.0. The predicted octanol–water partition coefficient (Wildman–Crippen LogP) is 3.06. The smallest absolute Gasteiger partial charge is 0.222 e. The second-order valence-corrected chi connectivity index (χ2v) is 6.61. The molecule has 4 heteroatoms. The van der Waals surface area contributed by atoms with Crippen LogP contribution in [0.15, 0.2) is 24.3 Å². The van der Waals surface area contributed by atoms with Crippen LogP contribution in [0, 0.1) is 5.92 Å². The van der Waals surface area contributed by atoms with Crippen LogP contribution in [0.3, 0.4) is 0 Å². The van der Waals surface area contributed by atoms with Gasteiger partial charge in [-0.3, -0.25) is 4.79 Å². The van der Waals surface area contributed by atoms with Crippen molar-refractivity contribution in [1.82, 2.24) is 10.2 Å². The summed E-state index contributed by atoms with van der Waals surface area (Å²) in [7, 11) is 0. The number of nitrogens with one attached hydrogen (secondary N) is 1. The van der Waals surface area contributed by atoms with Gasteiger partial charge in [0.2, 0.25) is 5.91 Å². The highest BCUT2D eigenvalue weighted by Gasteiger charge is 2.19. The average Bonchev–Trinajstić information content (AvgIpc) is 2.45. The molecule has 0 aliphatic carbocycles. The molecule has 1 fully saturated rings. The van der Waals surface area contributed by atoms with Gasteiger partial charge in [-0.2, -0.15) is 0 Å². The van der Waals surface area contributed by atoms with E-state index < -0.39 is 0 Å². The molecule has 0 saturated carbocycles. The Morgan fingerprint density at radius 2 is 1.91 bits per heavy atom. The van der Waals surface area contributed by atoms with Gasteiger partial charge >= 0.3 is 0 Å². The fourth-order valence-electron chi connectivity index (χ4n) is 2.88. The molecule has 3 nitrogen and oxygen atoms in total. The molecule has 1 N–H and O–H groups in total. The number of carbonyl (C=O) groups excluding carboxylic acids is 1. The number of carbonyl (C=O) groups is 1. The van der Waals surface area contributed by atoms with Crippen LogP contribution in [0.1, 0.15) is 38.3 Å². The van der Waals surface area contributed by atoms with Crippen molar-refractivity contribution in [2.45, 2.75) is 46.1 Å². The van der Waals surface area contributed by atoms with Gasteiger partial charge in [-0.1, -0.05) is 38.1 Å². The highest BCUT2D eigenvalue weighted by Crippen LogP contribution is 2.12. The number of nitrogens with zero attached hydrogens (tertiary/aromatic N) is 1. The molecule has 1 atom stereocenters. The summed E-state index contributed by atoms with van der Waals surface area (Å²) in [5.41, 5.74) is 2.65. The highest BCUT2D eigenvalue weighted by molar-refractivity contribution is 5.85. The molecule has 1 saturated heterocycles. The van der Waals surface area contributed by atoms with E-state index >= 15 is 0 Å². The number of rotatable bonds is 5. The summed E-state index contributed by atoms with van der Waals surface area (Å²) < 4.78 is 0. The van der Waals surface area contributed by atoms with Crippen LogP contribution in [0.25, 0.3) is 0 Å². The SMILES string of the molecule is CC(C)Cc1ccc(CCC(=O)N2CCN[C@H](C)C2)cc1.Cl. The quantitative estimate of drug-likeness (QED) is 0.903. The summed E-state index contributed by atoms with van der Waals surface area (Å²) >= 11 is 0. The molecule has 1 aliphatic rings. The molecule has 124 valence electrons. The lowest BCUT2D eigenvalue weighted by Crippen LogP contribution is -2.51. The largest absolute Gasteiger partial charge is 0.340 e. The first kappa shape index (κ1) is 19.0. The third-order valence-corrected chi connectivity index (χ3v) is 4.02. The topological polar surface area (TPSA) is 32.3 Å². The first-order valence-corrected chi connectivity index (χ1v) is 8.13. The van der Waals surface area contributed by atoms with E-state index in [0.717, 1.165) is 32.5 Å². The molecule has 1 aromatic rings. The van der Waals surface area contributed by atoms with Gasteiger partial charge in [0.25, 0.3) is 0 Å². The Balaban J connectivity index is 0.00000242. The lowest BCUT2D eigenvalue weighted by molar-refractivity contribution is -0.132. The van der Waals surface area contributed by atoms with Gasteiger partial charge in [0.1, 0.15) is 0 Å². The average molecular weight is 325 g/mol. The van der Waals surface area contributed by atoms with Crippen LogP contribution in [0.4, 0.5) is 0 Å². The standard InChI is InChI=1S/C18H28N2O.ClH/c1-14(2)12-17-6-4-16(5-7-17)8-9-18(21)20-11-10-19-15(3)13-20;/h4-7,14-15,19H,8-13H2,1-3H3;1H/t15-;/m1./s1. The Morgan fingerprint density at radius 1 is 1.27 bits per heavy atom. The van der Waals surface area contributed by atoms with E-state index in [-0.39, 0.29) is 18.3 Å². The molecule has 0 radical (unpaired) electrons. The zero-order chi connectivity index (χ0) is 15.2. The maximum Gasteiger partial charge on any atom is 0.222 e. The summed E-state index contributed by atoms with van der Waals surface area (Å²) in [4.78, 5) is 14.2. The van der Waals surface area contributed by atoms with Crippen molar-refractivity contribution in [3.8, 4) is 0 Å². The normalized spacial score (nSPS) is 18.2. The van der Waals surface area contributed by atoms with E-state index in [9.17, 15) is 4.79 Å². The van der Waals surface area contributed by atoms with Gasteiger partial charge in [-0.15, -0.1) is 12.4 Å².